The molecule has 0 aromatic heterocycles. The molecule has 0 bridgehead atoms. The molecule has 0 aliphatic carbocycles. The maximum Gasteiger partial charge on any atom is 0.272 e. The molecule has 0 saturated carbocycles. The van der Waals surface area contributed by atoms with Gasteiger partial charge in [0.25, 0.3) is 17.5 Å². The van der Waals surface area contributed by atoms with Gasteiger partial charge in [0, 0.05) is 49.1 Å². The molecule has 4 rings (SSSR count). The Morgan fingerprint density at radius 2 is 1.56 bits per heavy atom. The number of para-hydroxylation sites is 2. The second-order valence-electron chi connectivity index (χ2n) is 7.87. The summed E-state index contributed by atoms with van der Waals surface area (Å²) in [6, 6.07) is 21.2. The lowest BCUT2D eigenvalue weighted by Crippen LogP contribution is -2.48. The number of halogens is 1. The van der Waals surface area contributed by atoms with Crippen LogP contribution < -0.4 is 10.2 Å². The summed E-state index contributed by atoms with van der Waals surface area (Å²) in [6.45, 7) is 4.20. The smallest absolute Gasteiger partial charge is 0.272 e. The molecule has 3 aromatic rings. The monoisotopic (exact) mass is 480 g/mol. The third-order valence-electron chi connectivity index (χ3n) is 5.75. The summed E-state index contributed by atoms with van der Waals surface area (Å²) in [5.41, 5.74) is 2.60. The Morgan fingerprint density at radius 3 is 2.21 bits per heavy atom. The van der Waals surface area contributed by atoms with Gasteiger partial charge in [0.05, 0.1) is 16.2 Å². The molecule has 3 aromatic carbocycles. The van der Waals surface area contributed by atoms with E-state index in [0.29, 0.717) is 29.9 Å². The maximum atomic E-state index is 13.2. The van der Waals surface area contributed by atoms with Crippen LogP contribution in [0.1, 0.15) is 26.3 Å². The summed E-state index contributed by atoms with van der Waals surface area (Å²) in [6.07, 6.45) is 0. The minimum Gasteiger partial charge on any atom is -0.368 e. The van der Waals surface area contributed by atoms with Gasteiger partial charge in [0.1, 0.15) is 0 Å². The van der Waals surface area contributed by atoms with Crippen LogP contribution in [0.2, 0.25) is 0 Å². The highest BCUT2D eigenvalue weighted by molar-refractivity contribution is 6.09. The number of anilines is 2. The molecule has 1 aliphatic rings. The number of piperazine rings is 1. The molecule has 0 spiro atoms. The van der Waals surface area contributed by atoms with Crippen molar-refractivity contribution in [3.8, 4) is 0 Å². The number of hydrogen-bond acceptors (Lipinski definition) is 5. The third kappa shape index (κ3) is 5.35. The van der Waals surface area contributed by atoms with E-state index >= 15 is 0 Å². The summed E-state index contributed by atoms with van der Waals surface area (Å²) in [5.74, 6) is -0.569. The zero-order valence-electron chi connectivity index (χ0n) is 18.6. The van der Waals surface area contributed by atoms with Gasteiger partial charge in [-0.1, -0.05) is 30.3 Å². The molecular weight excluding hydrogens is 456 g/mol. The Labute approximate surface area is 203 Å². The van der Waals surface area contributed by atoms with Gasteiger partial charge in [0.2, 0.25) is 0 Å². The van der Waals surface area contributed by atoms with Crippen molar-refractivity contribution < 1.29 is 14.5 Å². The van der Waals surface area contributed by atoms with Gasteiger partial charge in [-0.25, -0.2) is 0 Å². The van der Waals surface area contributed by atoms with E-state index in [9.17, 15) is 19.7 Å². The van der Waals surface area contributed by atoms with Crippen molar-refractivity contribution in [2.24, 2.45) is 0 Å². The number of nitrogens with zero attached hydrogens (tertiary/aromatic N) is 3. The van der Waals surface area contributed by atoms with Crippen LogP contribution in [-0.4, -0.2) is 47.8 Å². The van der Waals surface area contributed by atoms with Crippen molar-refractivity contribution in [1.82, 2.24) is 4.90 Å². The number of aryl methyl sites for hydroxylation is 1. The summed E-state index contributed by atoms with van der Waals surface area (Å²) in [4.78, 5) is 40.6. The molecule has 0 radical (unpaired) electrons. The molecule has 9 heteroatoms. The van der Waals surface area contributed by atoms with E-state index in [4.69, 9.17) is 0 Å². The molecule has 1 saturated heterocycles. The molecule has 1 aliphatic heterocycles. The molecule has 0 unspecified atom stereocenters. The molecule has 1 fully saturated rings. The number of benzene rings is 3. The molecule has 0 atom stereocenters. The van der Waals surface area contributed by atoms with Gasteiger partial charge >= 0.3 is 0 Å². The van der Waals surface area contributed by atoms with Gasteiger partial charge in [-0.05, 0) is 43.3 Å². The maximum absolute atomic E-state index is 13.2. The average molecular weight is 481 g/mol. The van der Waals surface area contributed by atoms with Crippen LogP contribution in [0, 0.1) is 17.0 Å². The molecule has 176 valence electrons. The SMILES string of the molecule is Cc1cc(C(=O)Nc2ccccc2C(=O)N2CCN(c3ccccc3)CC2)ccc1[N+](=O)[O-].Cl. The Balaban J connectivity index is 0.00000324. The fourth-order valence-corrected chi connectivity index (χ4v) is 3.95. The first-order valence-corrected chi connectivity index (χ1v) is 10.7. The van der Waals surface area contributed by atoms with Gasteiger partial charge < -0.3 is 15.1 Å². The number of nitro groups is 1. The fourth-order valence-electron chi connectivity index (χ4n) is 3.95. The summed E-state index contributed by atoms with van der Waals surface area (Å²) >= 11 is 0. The minimum absolute atomic E-state index is 0. The number of hydrogen-bond donors (Lipinski definition) is 1. The standard InChI is InChI=1S/C25H24N4O4.ClH/c1-18-17-19(11-12-23(18)29(32)33)24(30)26-22-10-6-5-9-21(22)25(31)28-15-13-27(14-16-28)20-7-3-2-4-8-20;/h2-12,17H,13-16H2,1H3,(H,26,30);1H. The van der Waals surface area contributed by atoms with Crippen molar-refractivity contribution >= 4 is 41.3 Å². The average Bonchev–Trinajstić information content (AvgIpc) is 2.84. The van der Waals surface area contributed by atoms with E-state index < -0.39 is 10.8 Å². The fraction of sp³-hybridized carbons (Fsp3) is 0.200. The van der Waals surface area contributed by atoms with Gasteiger partial charge in [-0.3, -0.25) is 19.7 Å². The van der Waals surface area contributed by atoms with Crippen LogP contribution in [0.5, 0.6) is 0 Å². The predicted molar refractivity (Wildman–Crippen MR) is 134 cm³/mol. The van der Waals surface area contributed by atoms with Gasteiger partial charge in [-0.15, -0.1) is 12.4 Å². The molecule has 34 heavy (non-hydrogen) atoms. The number of nitrogens with one attached hydrogen (secondary N) is 1. The molecule has 8 nitrogen and oxygen atoms in total. The van der Waals surface area contributed by atoms with Crippen LogP contribution >= 0.6 is 12.4 Å². The van der Waals surface area contributed by atoms with Crippen molar-refractivity contribution in [3.05, 3.63) is 99.6 Å². The first-order chi connectivity index (χ1) is 15.9. The number of carbonyl (C=O) groups excluding carboxylic acids is 2. The molecule has 2 amide bonds. The number of amides is 2. The Morgan fingerprint density at radius 1 is 0.912 bits per heavy atom. The van der Waals surface area contributed by atoms with Crippen LogP contribution in [-0.2, 0) is 0 Å². The van der Waals surface area contributed by atoms with Gasteiger partial charge in [-0.2, -0.15) is 0 Å². The zero-order valence-corrected chi connectivity index (χ0v) is 19.5. The van der Waals surface area contributed by atoms with Crippen LogP contribution in [0.3, 0.4) is 0 Å². The first-order valence-electron chi connectivity index (χ1n) is 10.7. The highest BCUT2D eigenvalue weighted by atomic mass is 35.5. The largest absolute Gasteiger partial charge is 0.368 e. The lowest BCUT2D eigenvalue weighted by Gasteiger charge is -2.36. The van der Waals surface area contributed by atoms with Crippen molar-refractivity contribution in [2.75, 3.05) is 36.4 Å². The first kappa shape index (κ1) is 24.7. The summed E-state index contributed by atoms with van der Waals surface area (Å²) in [7, 11) is 0. The second-order valence-corrected chi connectivity index (χ2v) is 7.87. The number of nitro benzene ring substituents is 1. The topological polar surface area (TPSA) is 95.8 Å². The second kappa shape index (κ2) is 10.8. The van der Waals surface area contributed by atoms with Crippen LogP contribution in [0.15, 0.2) is 72.8 Å². The lowest BCUT2D eigenvalue weighted by atomic mass is 10.1. The summed E-state index contributed by atoms with van der Waals surface area (Å²) < 4.78 is 0. The quantitative estimate of drug-likeness (QED) is 0.427. The van der Waals surface area contributed by atoms with E-state index in [2.05, 4.69) is 22.3 Å². The van der Waals surface area contributed by atoms with Crippen molar-refractivity contribution in [2.45, 2.75) is 6.92 Å². The number of carbonyl (C=O) groups is 2. The van der Waals surface area contributed by atoms with E-state index in [0.717, 1.165) is 18.8 Å². The predicted octanol–water partition coefficient (Wildman–Crippen LogP) is 4.54. The third-order valence-corrected chi connectivity index (χ3v) is 5.75. The van der Waals surface area contributed by atoms with Crippen LogP contribution in [0.25, 0.3) is 0 Å². The van der Waals surface area contributed by atoms with Gasteiger partial charge in [0.15, 0.2) is 0 Å². The zero-order chi connectivity index (χ0) is 23.4. The highest BCUT2D eigenvalue weighted by Crippen LogP contribution is 2.23. The number of rotatable bonds is 5. The lowest BCUT2D eigenvalue weighted by molar-refractivity contribution is -0.385. The highest BCUT2D eigenvalue weighted by Gasteiger charge is 2.24. The normalized spacial score (nSPS) is 13.1. The molecular formula is C25H25ClN4O4. The molecule has 1 heterocycles. The van der Waals surface area contributed by atoms with E-state index in [1.807, 2.05) is 18.2 Å². The van der Waals surface area contributed by atoms with Crippen molar-refractivity contribution in [1.29, 1.82) is 0 Å². The minimum atomic E-state index is -0.484. The summed E-state index contributed by atoms with van der Waals surface area (Å²) in [5, 5.41) is 13.8. The van der Waals surface area contributed by atoms with Crippen molar-refractivity contribution in [3.63, 3.8) is 0 Å². The Kier molecular flexibility index (Phi) is 7.86. The van der Waals surface area contributed by atoms with Crippen LogP contribution in [0.4, 0.5) is 17.1 Å². The molecule has 1 N–H and O–H groups in total. The Hall–Kier alpha value is -3.91. The van der Waals surface area contributed by atoms with E-state index in [1.54, 1.807) is 36.1 Å². The Bertz CT molecular complexity index is 1190. The van der Waals surface area contributed by atoms with E-state index in [1.165, 1.54) is 18.2 Å². The van der Waals surface area contributed by atoms with E-state index in [-0.39, 0.29) is 29.6 Å².